The minimum absolute atomic E-state index is 0.133. The Bertz CT molecular complexity index is 608. The van der Waals surface area contributed by atoms with Crippen LogP contribution in [-0.2, 0) is 6.54 Å². The van der Waals surface area contributed by atoms with Gasteiger partial charge in [-0.2, -0.15) is 0 Å². The zero-order chi connectivity index (χ0) is 14.8. The first-order valence-electron chi connectivity index (χ1n) is 7.59. The standard InChI is InChI=1S/C17H21FN2O/c1-12(2)17-10-15(19-21-17)16-8-5-9-20(16)11-13-6-3-4-7-14(13)18/h3-4,6-7,10,12,16H,5,8-9,11H2,1-2H3/t16-/m0/s1. The summed E-state index contributed by atoms with van der Waals surface area (Å²) in [4.78, 5) is 2.29. The number of hydrogen-bond donors (Lipinski definition) is 0. The predicted octanol–water partition coefficient (Wildman–Crippen LogP) is 4.27. The Balaban J connectivity index is 1.77. The first-order valence-corrected chi connectivity index (χ1v) is 7.59. The molecule has 0 N–H and O–H groups in total. The van der Waals surface area contributed by atoms with E-state index in [0.717, 1.165) is 36.4 Å². The first kappa shape index (κ1) is 14.3. The molecule has 0 saturated carbocycles. The Labute approximate surface area is 124 Å². The van der Waals surface area contributed by atoms with Crippen LogP contribution >= 0.6 is 0 Å². The van der Waals surface area contributed by atoms with Crippen molar-refractivity contribution in [3.8, 4) is 0 Å². The summed E-state index contributed by atoms with van der Waals surface area (Å²) in [5.74, 6) is 1.13. The van der Waals surface area contributed by atoms with E-state index < -0.39 is 0 Å². The van der Waals surface area contributed by atoms with Crippen molar-refractivity contribution in [2.45, 2.75) is 45.2 Å². The third-order valence-electron chi connectivity index (χ3n) is 4.15. The van der Waals surface area contributed by atoms with Crippen LogP contribution in [0.3, 0.4) is 0 Å². The number of aromatic nitrogens is 1. The number of benzene rings is 1. The lowest BCUT2D eigenvalue weighted by Crippen LogP contribution is -2.23. The molecule has 21 heavy (non-hydrogen) atoms. The predicted molar refractivity (Wildman–Crippen MR) is 79.4 cm³/mol. The molecule has 112 valence electrons. The average Bonchev–Trinajstić information content (AvgIpc) is 3.09. The van der Waals surface area contributed by atoms with Gasteiger partial charge in [0.2, 0.25) is 0 Å². The molecule has 1 aromatic carbocycles. The topological polar surface area (TPSA) is 29.3 Å². The molecule has 1 aliphatic rings. The van der Waals surface area contributed by atoms with Gasteiger partial charge < -0.3 is 4.52 Å². The second-order valence-electron chi connectivity index (χ2n) is 6.03. The molecule has 0 unspecified atom stereocenters. The monoisotopic (exact) mass is 288 g/mol. The third kappa shape index (κ3) is 3.00. The molecular formula is C17H21FN2O. The van der Waals surface area contributed by atoms with Crippen LogP contribution in [0.15, 0.2) is 34.9 Å². The maximum Gasteiger partial charge on any atom is 0.139 e. The molecule has 2 heterocycles. The minimum atomic E-state index is -0.133. The van der Waals surface area contributed by atoms with Crippen molar-refractivity contribution in [2.75, 3.05) is 6.54 Å². The molecule has 3 nitrogen and oxygen atoms in total. The Hall–Kier alpha value is -1.68. The lowest BCUT2D eigenvalue weighted by atomic mass is 10.1. The highest BCUT2D eigenvalue weighted by Crippen LogP contribution is 2.34. The second kappa shape index (κ2) is 5.98. The summed E-state index contributed by atoms with van der Waals surface area (Å²) in [7, 11) is 0. The zero-order valence-corrected chi connectivity index (χ0v) is 12.6. The fraction of sp³-hybridized carbons (Fsp3) is 0.471. The van der Waals surface area contributed by atoms with Gasteiger partial charge >= 0.3 is 0 Å². The molecule has 0 bridgehead atoms. The number of hydrogen-bond acceptors (Lipinski definition) is 3. The van der Waals surface area contributed by atoms with Gasteiger partial charge in [-0.05, 0) is 25.5 Å². The van der Waals surface area contributed by atoms with E-state index in [1.165, 1.54) is 6.07 Å². The molecule has 0 amide bonds. The number of nitrogens with zero attached hydrogens (tertiary/aromatic N) is 2. The molecule has 0 aliphatic carbocycles. The van der Waals surface area contributed by atoms with Crippen molar-refractivity contribution >= 4 is 0 Å². The Morgan fingerprint density at radius 1 is 1.38 bits per heavy atom. The zero-order valence-electron chi connectivity index (χ0n) is 12.6. The van der Waals surface area contributed by atoms with Crippen molar-refractivity contribution in [2.24, 2.45) is 0 Å². The van der Waals surface area contributed by atoms with Crippen LogP contribution in [0.4, 0.5) is 4.39 Å². The molecular weight excluding hydrogens is 267 g/mol. The first-order chi connectivity index (χ1) is 10.1. The average molecular weight is 288 g/mol. The van der Waals surface area contributed by atoms with E-state index in [1.807, 2.05) is 12.1 Å². The fourth-order valence-corrected chi connectivity index (χ4v) is 2.93. The summed E-state index contributed by atoms with van der Waals surface area (Å²) >= 11 is 0. The highest BCUT2D eigenvalue weighted by atomic mass is 19.1. The van der Waals surface area contributed by atoms with E-state index in [1.54, 1.807) is 6.07 Å². The third-order valence-corrected chi connectivity index (χ3v) is 4.15. The van der Waals surface area contributed by atoms with Crippen molar-refractivity contribution in [3.63, 3.8) is 0 Å². The summed E-state index contributed by atoms with van der Waals surface area (Å²) in [5.41, 5.74) is 1.73. The van der Waals surface area contributed by atoms with Gasteiger partial charge in [-0.1, -0.05) is 37.2 Å². The normalized spacial score (nSPS) is 19.5. The molecule has 1 aliphatic heterocycles. The minimum Gasteiger partial charge on any atom is -0.361 e. The Kier molecular flexibility index (Phi) is 4.06. The van der Waals surface area contributed by atoms with E-state index in [9.17, 15) is 4.39 Å². The highest BCUT2D eigenvalue weighted by Gasteiger charge is 2.29. The molecule has 1 atom stereocenters. The highest BCUT2D eigenvalue weighted by molar-refractivity contribution is 5.19. The molecule has 0 radical (unpaired) electrons. The summed E-state index contributed by atoms with van der Waals surface area (Å²) in [5, 5.41) is 4.22. The van der Waals surface area contributed by atoms with E-state index in [4.69, 9.17) is 4.52 Å². The van der Waals surface area contributed by atoms with Gasteiger partial charge in [-0.15, -0.1) is 0 Å². The smallest absolute Gasteiger partial charge is 0.139 e. The maximum atomic E-state index is 13.8. The lowest BCUT2D eigenvalue weighted by molar-refractivity contribution is 0.233. The van der Waals surface area contributed by atoms with Crippen molar-refractivity contribution in [3.05, 3.63) is 53.2 Å². The lowest BCUT2D eigenvalue weighted by Gasteiger charge is -2.22. The van der Waals surface area contributed by atoms with E-state index in [2.05, 4.69) is 30.0 Å². The van der Waals surface area contributed by atoms with Gasteiger partial charge in [0.1, 0.15) is 17.3 Å². The van der Waals surface area contributed by atoms with Crippen molar-refractivity contribution in [1.82, 2.24) is 10.1 Å². The summed E-state index contributed by atoms with van der Waals surface area (Å²) < 4.78 is 19.2. The maximum absolute atomic E-state index is 13.8. The molecule has 3 rings (SSSR count). The Morgan fingerprint density at radius 2 is 2.19 bits per heavy atom. The van der Waals surface area contributed by atoms with E-state index in [0.29, 0.717) is 12.5 Å². The Morgan fingerprint density at radius 3 is 2.90 bits per heavy atom. The van der Waals surface area contributed by atoms with Gasteiger partial charge in [-0.3, -0.25) is 4.90 Å². The summed E-state index contributed by atoms with van der Waals surface area (Å²) in [6.45, 7) is 5.79. The number of rotatable bonds is 4. The van der Waals surface area contributed by atoms with Gasteiger partial charge in [0.25, 0.3) is 0 Å². The van der Waals surface area contributed by atoms with Crippen molar-refractivity contribution < 1.29 is 8.91 Å². The molecule has 4 heteroatoms. The van der Waals surface area contributed by atoms with E-state index >= 15 is 0 Å². The quantitative estimate of drug-likeness (QED) is 0.841. The molecule has 1 aromatic heterocycles. The van der Waals surface area contributed by atoms with E-state index in [-0.39, 0.29) is 11.9 Å². The van der Waals surface area contributed by atoms with Gasteiger partial charge in [0.15, 0.2) is 0 Å². The van der Waals surface area contributed by atoms with Gasteiger partial charge in [0, 0.05) is 24.1 Å². The van der Waals surface area contributed by atoms with Crippen LogP contribution in [0.2, 0.25) is 0 Å². The molecule has 0 spiro atoms. The van der Waals surface area contributed by atoms with Crippen LogP contribution in [0.1, 0.15) is 55.7 Å². The van der Waals surface area contributed by atoms with Gasteiger partial charge in [0.05, 0.1) is 6.04 Å². The van der Waals surface area contributed by atoms with Crippen molar-refractivity contribution in [1.29, 1.82) is 0 Å². The molecule has 1 saturated heterocycles. The van der Waals surface area contributed by atoms with Crippen LogP contribution in [-0.4, -0.2) is 16.6 Å². The molecule has 2 aromatic rings. The summed E-state index contributed by atoms with van der Waals surface area (Å²) in [6, 6.07) is 9.28. The SMILES string of the molecule is CC(C)c1cc([C@@H]2CCCN2Cc2ccccc2F)no1. The largest absolute Gasteiger partial charge is 0.361 e. The second-order valence-corrected chi connectivity index (χ2v) is 6.03. The molecule has 1 fully saturated rings. The van der Waals surface area contributed by atoms with Gasteiger partial charge in [-0.25, -0.2) is 4.39 Å². The van der Waals surface area contributed by atoms with Crippen LogP contribution in [0.25, 0.3) is 0 Å². The number of halogens is 1. The summed E-state index contributed by atoms with van der Waals surface area (Å²) in [6.07, 6.45) is 2.17. The van der Waals surface area contributed by atoms with Crippen LogP contribution in [0, 0.1) is 5.82 Å². The van der Waals surface area contributed by atoms with Crippen LogP contribution < -0.4 is 0 Å². The van der Waals surface area contributed by atoms with Crippen LogP contribution in [0.5, 0.6) is 0 Å². The fourth-order valence-electron chi connectivity index (χ4n) is 2.93. The number of likely N-dealkylation sites (tertiary alicyclic amines) is 1.